The van der Waals surface area contributed by atoms with Gasteiger partial charge in [-0.15, -0.1) is 0 Å². The Morgan fingerprint density at radius 3 is 2.02 bits per heavy atom. The highest BCUT2D eigenvalue weighted by Crippen LogP contribution is 2.29. The van der Waals surface area contributed by atoms with Crippen LogP contribution in [-0.2, 0) is 6.54 Å². The first-order valence-electron chi connectivity index (χ1n) is 15.4. The van der Waals surface area contributed by atoms with Crippen LogP contribution in [0, 0.1) is 0 Å². The third-order valence-electron chi connectivity index (χ3n) is 8.13. The number of piperazine rings is 2. The van der Waals surface area contributed by atoms with Crippen molar-refractivity contribution >= 4 is 11.4 Å². The predicted molar refractivity (Wildman–Crippen MR) is 173 cm³/mol. The van der Waals surface area contributed by atoms with Gasteiger partial charge in [-0.3, -0.25) is 4.90 Å². The highest BCUT2D eigenvalue weighted by atomic mass is 15.2. The van der Waals surface area contributed by atoms with E-state index in [0.717, 1.165) is 126 Å². The summed E-state index contributed by atoms with van der Waals surface area (Å²) in [4.78, 5) is 12.5. The van der Waals surface area contributed by atoms with Gasteiger partial charge in [-0.25, -0.2) is 4.98 Å². The van der Waals surface area contributed by atoms with Gasteiger partial charge in [-0.2, -0.15) is 0 Å². The van der Waals surface area contributed by atoms with Crippen LogP contribution in [0.15, 0.2) is 60.7 Å². The smallest absolute Gasteiger partial charge is 0.0730 e. The lowest BCUT2D eigenvalue weighted by molar-refractivity contribution is 0.233. The Bertz CT molecular complexity index is 1180. The van der Waals surface area contributed by atoms with Crippen LogP contribution in [-0.4, -0.2) is 100 Å². The predicted octanol–water partition coefficient (Wildman–Crippen LogP) is 3.31. The monoisotopic (exact) mass is 556 g/mol. The Balaban J connectivity index is 1.32. The number of rotatable bonds is 13. The molecule has 0 atom stereocenters. The second kappa shape index (κ2) is 15.3. The number of aromatic nitrogens is 1. The lowest BCUT2D eigenvalue weighted by atomic mass is 10.0. The van der Waals surface area contributed by atoms with Crippen molar-refractivity contribution in [2.75, 3.05) is 95.8 Å². The summed E-state index contributed by atoms with van der Waals surface area (Å²) in [5, 5.41) is 10.6. The molecule has 2 aromatic carbocycles. The fraction of sp³-hybridized carbons (Fsp3) is 0.485. The van der Waals surface area contributed by atoms with Gasteiger partial charge in [0.1, 0.15) is 0 Å². The average molecular weight is 557 g/mol. The summed E-state index contributed by atoms with van der Waals surface area (Å²) in [7, 11) is 2.17. The molecular formula is C33H48N8. The van der Waals surface area contributed by atoms with Gasteiger partial charge in [0.2, 0.25) is 0 Å². The van der Waals surface area contributed by atoms with E-state index in [0.29, 0.717) is 0 Å². The molecule has 0 aliphatic carbocycles. The molecule has 0 spiro atoms. The second-order valence-corrected chi connectivity index (χ2v) is 11.4. The van der Waals surface area contributed by atoms with E-state index < -0.39 is 0 Å². The number of hydrogen-bond acceptors (Lipinski definition) is 8. The Hall–Kier alpha value is -3.01. The van der Waals surface area contributed by atoms with E-state index in [-0.39, 0.29) is 0 Å². The molecule has 1 aromatic heterocycles. The number of pyridine rings is 1. The molecule has 2 fully saturated rings. The quantitative estimate of drug-likeness (QED) is 0.239. The molecule has 220 valence electrons. The molecule has 2 aliphatic heterocycles. The molecule has 41 heavy (non-hydrogen) atoms. The molecular weight excluding hydrogens is 508 g/mol. The van der Waals surface area contributed by atoms with Crippen LogP contribution in [0.3, 0.4) is 0 Å². The Labute approximate surface area is 246 Å². The van der Waals surface area contributed by atoms with E-state index in [9.17, 15) is 0 Å². The number of nitrogens with zero attached hydrogens (tertiary/aromatic N) is 4. The van der Waals surface area contributed by atoms with Crippen molar-refractivity contribution in [3.63, 3.8) is 0 Å². The molecule has 2 saturated heterocycles. The van der Waals surface area contributed by atoms with Crippen molar-refractivity contribution in [3.05, 3.63) is 66.2 Å². The summed E-state index contributed by atoms with van der Waals surface area (Å²) in [5.74, 6) is 0. The highest BCUT2D eigenvalue weighted by Gasteiger charge is 2.13. The van der Waals surface area contributed by atoms with Gasteiger partial charge in [0.05, 0.1) is 11.4 Å². The van der Waals surface area contributed by atoms with E-state index in [1.807, 2.05) is 0 Å². The van der Waals surface area contributed by atoms with Crippen LogP contribution >= 0.6 is 0 Å². The topological polar surface area (TPSA) is 84.7 Å². The van der Waals surface area contributed by atoms with Gasteiger partial charge >= 0.3 is 0 Å². The van der Waals surface area contributed by atoms with Crippen LogP contribution in [0.2, 0.25) is 0 Å². The number of nitrogens with two attached hydrogens (primary N) is 1. The molecule has 0 radical (unpaired) electrons. The summed E-state index contributed by atoms with van der Waals surface area (Å²) in [6.07, 6.45) is 2.12. The Morgan fingerprint density at radius 1 is 0.805 bits per heavy atom. The lowest BCUT2D eigenvalue weighted by Crippen LogP contribution is -2.43. The highest BCUT2D eigenvalue weighted by molar-refractivity contribution is 5.73. The summed E-state index contributed by atoms with van der Waals surface area (Å²) >= 11 is 0. The van der Waals surface area contributed by atoms with Crippen molar-refractivity contribution in [3.8, 4) is 22.5 Å². The van der Waals surface area contributed by atoms with Crippen molar-refractivity contribution in [1.29, 1.82) is 0 Å². The van der Waals surface area contributed by atoms with Crippen LogP contribution in [0.25, 0.3) is 22.5 Å². The van der Waals surface area contributed by atoms with Gasteiger partial charge in [0, 0.05) is 87.9 Å². The average Bonchev–Trinajstić information content (AvgIpc) is 3.03. The largest absolute Gasteiger partial charge is 0.385 e. The standard InChI is InChI=1S/C33H48N8/c1-39(18-2-12-34)19-3-13-37-30-24-32(28-6-4-27(5-7-28)26-40-20-14-35-15-21-40)38-33(25-30)29-8-10-31(11-9-29)41-22-16-36-17-23-41/h4-11,24-25,35-36H,2-3,12-23,26,34H2,1H3,(H,37,38). The first-order chi connectivity index (χ1) is 20.2. The minimum atomic E-state index is 0.748. The normalized spacial score (nSPS) is 16.3. The third kappa shape index (κ3) is 8.74. The van der Waals surface area contributed by atoms with E-state index in [1.54, 1.807) is 0 Å². The molecule has 0 unspecified atom stereocenters. The third-order valence-corrected chi connectivity index (χ3v) is 8.13. The zero-order valence-corrected chi connectivity index (χ0v) is 24.7. The molecule has 3 heterocycles. The molecule has 8 heteroatoms. The molecule has 5 rings (SSSR count). The first-order valence-corrected chi connectivity index (χ1v) is 15.4. The van der Waals surface area contributed by atoms with Crippen LogP contribution in [0.1, 0.15) is 18.4 Å². The molecule has 5 N–H and O–H groups in total. The summed E-state index contributed by atoms with van der Waals surface area (Å²) in [5.41, 5.74) is 13.7. The number of nitrogens with one attached hydrogen (secondary N) is 3. The maximum Gasteiger partial charge on any atom is 0.0730 e. The second-order valence-electron chi connectivity index (χ2n) is 11.4. The summed E-state index contributed by atoms with van der Waals surface area (Å²) in [6.45, 7) is 13.3. The van der Waals surface area contributed by atoms with E-state index in [1.165, 1.54) is 11.3 Å². The summed E-state index contributed by atoms with van der Waals surface area (Å²) < 4.78 is 0. The van der Waals surface area contributed by atoms with Crippen LogP contribution in [0.5, 0.6) is 0 Å². The van der Waals surface area contributed by atoms with Crippen molar-refractivity contribution in [1.82, 2.24) is 25.4 Å². The zero-order valence-electron chi connectivity index (χ0n) is 24.7. The molecule has 2 aliphatic rings. The molecule has 0 amide bonds. The number of benzene rings is 2. The first kappa shape index (κ1) is 29.5. The van der Waals surface area contributed by atoms with Crippen molar-refractivity contribution < 1.29 is 0 Å². The summed E-state index contributed by atoms with van der Waals surface area (Å²) in [6, 6.07) is 22.3. The van der Waals surface area contributed by atoms with E-state index in [2.05, 4.69) is 98.4 Å². The minimum Gasteiger partial charge on any atom is -0.385 e. The molecule has 8 nitrogen and oxygen atoms in total. The van der Waals surface area contributed by atoms with Crippen LogP contribution in [0.4, 0.5) is 11.4 Å². The maximum absolute atomic E-state index is 5.67. The number of hydrogen-bond donors (Lipinski definition) is 4. The van der Waals surface area contributed by atoms with Gasteiger partial charge in [0.25, 0.3) is 0 Å². The zero-order chi connectivity index (χ0) is 28.3. The Kier molecular flexibility index (Phi) is 11.0. The fourth-order valence-corrected chi connectivity index (χ4v) is 5.66. The SMILES string of the molecule is CN(CCCN)CCCNc1cc(-c2ccc(CN3CCNCC3)cc2)nc(-c2ccc(N3CCNCC3)cc2)c1. The van der Waals surface area contributed by atoms with Gasteiger partial charge in [0.15, 0.2) is 0 Å². The fourth-order valence-electron chi connectivity index (χ4n) is 5.66. The Morgan fingerprint density at radius 2 is 1.39 bits per heavy atom. The van der Waals surface area contributed by atoms with Gasteiger partial charge in [-0.05, 0) is 69.4 Å². The van der Waals surface area contributed by atoms with E-state index >= 15 is 0 Å². The van der Waals surface area contributed by atoms with Crippen molar-refractivity contribution in [2.45, 2.75) is 19.4 Å². The van der Waals surface area contributed by atoms with Crippen LogP contribution < -0.4 is 26.6 Å². The van der Waals surface area contributed by atoms with Gasteiger partial charge in [-0.1, -0.05) is 36.4 Å². The molecule has 0 bridgehead atoms. The minimum absolute atomic E-state index is 0.748. The molecule has 3 aromatic rings. The van der Waals surface area contributed by atoms with Gasteiger partial charge < -0.3 is 31.5 Å². The lowest BCUT2D eigenvalue weighted by Gasteiger charge is -2.29. The van der Waals surface area contributed by atoms with E-state index in [4.69, 9.17) is 10.7 Å². The maximum atomic E-state index is 5.67. The van der Waals surface area contributed by atoms with Crippen molar-refractivity contribution in [2.24, 2.45) is 5.73 Å². The molecule has 0 saturated carbocycles. The number of anilines is 2.